The second kappa shape index (κ2) is 6.06. The Hall–Kier alpha value is -2.20. The molecule has 0 aliphatic heterocycles. The Kier molecular flexibility index (Phi) is 3.97. The van der Waals surface area contributed by atoms with Crippen molar-refractivity contribution in [2.45, 2.75) is 19.9 Å². The average molecular weight is 280 g/mol. The molecule has 0 aliphatic rings. The van der Waals surface area contributed by atoms with E-state index in [-0.39, 0.29) is 0 Å². The Balaban J connectivity index is 1.86. The number of imidazole rings is 1. The van der Waals surface area contributed by atoms with Crippen LogP contribution in [-0.4, -0.2) is 21.1 Å². The predicted molar refractivity (Wildman–Crippen MR) is 85.1 cm³/mol. The number of rotatable bonds is 5. The first kappa shape index (κ1) is 13.8. The van der Waals surface area contributed by atoms with Gasteiger partial charge in [0.2, 0.25) is 0 Å². The molecule has 4 heteroatoms. The zero-order valence-electron chi connectivity index (χ0n) is 12.5. The van der Waals surface area contributed by atoms with Gasteiger partial charge in [-0.25, -0.2) is 4.98 Å². The molecule has 0 amide bonds. The lowest BCUT2D eigenvalue weighted by atomic mass is 10.1. The van der Waals surface area contributed by atoms with Crippen LogP contribution in [-0.2, 0) is 20.0 Å². The first-order valence-corrected chi connectivity index (χ1v) is 7.31. The van der Waals surface area contributed by atoms with Crippen molar-refractivity contribution in [1.82, 2.24) is 19.9 Å². The first-order chi connectivity index (χ1) is 10.3. The van der Waals surface area contributed by atoms with Gasteiger partial charge in [0.25, 0.3) is 0 Å². The Bertz CT molecular complexity index is 745. The summed E-state index contributed by atoms with van der Waals surface area (Å²) in [4.78, 5) is 9.06. The fraction of sp³-hybridized carbons (Fsp3) is 0.294. The maximum Gasteiger partial charge on any atom is 0.114 e. The minimum Gasteiger partial charge on any atom is -0.331 e. The summed E-state index contributed by atoms with van der Waals surface area (Å²) in [6.07, 6.45) is 4.65. The van der Waals surface area contributed by atoms with Crippen LogP contribution >= 0.6 is 0 Å². The molecule has 1 N–H and O–H groups in total. The largest absolute Gasteiger partial charge is 0.331 e. The minimum absolute atomic E-state index is 0.804. The summed E-state index contributed by atoms with van der Waals surface area (Å²) in [6.45, 7) is 3.94. The van der Waals surface area contributed by atoms with Crippen molar-refractivity contribution >= 4 is 11.0 Å². The molecule has 0 saturated heterocycles. The third kappa shape index (κ3) is 2.95. The van der Waals surface area contributed by atoms with E-state index in [9.17, 15) is 0 Å². The summed E-state index contributed by atoms with van der Waals surface area (Å²) < 4.78 is 2.16. The van der Waals surface area contributed by atoms with Gasteiger partial charge in [-0.2, -0.15) is 0 Å². The van der Waals surface area contributed by atoms with E-state index in [1.54, 1.807) is 0 Å². The first-order valence-electron chi connectivity index (χ1n) is 7.31. The van der Waals surface area contributed by atoms with Crippen molar-refractivity contribution in [2.24, 2.45) is 7.05 Å². The Morgan fingerprint density at radius 3 is 2.76 bits per heavy atom. The molecule has 0 saturated carbocycles. The third-order valence-electron chi connectivity index (χ3n) is 3.67. The highest BCUT2D eigenvalue weighted by atomic mass is 15.1. The molecule has 2 aromatic heterocycles. The summed E-state index contributed by atoms with van der Waals surface area (Å²) in [5.74, 6) is 1.07. The molecule has 0 radical (unpaired) electrons. The molecule has 0 spiro atoms. The number of hydrogen-bond donors (Lipinski definition) is 1. The lowest BCUT2D eigenvalue weighted by Crippen LogP contribution is -2.12. The number of hydrogen-bond acceptors (Lipinski definition) is 3. The highest BCUT2D eigenvalue weighted by Gasteiger charge is 2.08. The normalized spacial score (nSPS) is 11.1. The SMILES string of the molecule is CCNCc1cncc(Cc2nc3ccccc3n2C)c1. The Morgan fingerprint density at radius 2 is 1.95 bits per heavy atom. The number of aromatic nitrogens is 3. The summed E-state index contributed by atoms with van der Waals surface area (Å²) in [5, 5.41) is 3.33. The van der Waals surface area contributed by atoms with E-state index in [4.69, 9.17) is 4.98 Å². The second-order valence-electron chi connectivity index (χ2n) is 5.23. The molecular weight excluding hydrogens is 260 g/mol. The number of pyridine rings is 1. The van der Waals surface area contributed by atoms with Gasteiger partial charge in [0.1, 0.15) is 5.82 Å². The predicted octanol–water partition coefficient (Wildman–Crippen LogP) is 2.67. The summed E-state index contributed by atoms with van der Waals surface area (Å²) >= 11 is 0. The molecule has 0 atom stereocenters. The zero-order chi connectivity index (χ0) is 14.7. The minimum atomic E-state index is 0.804. The molecule has 1 aromatic carbocycles. The number of benzene rings is 1. The fourth-order valence-electron chi connectivity index (χ4n) is 2.54. The van der Waals surface area contributed by atoms with Gasteiger partial charge < -0.3 is 9.88 Å². The van der Waals surface area contributed by atoms with Crippen LogP contribution in [0.4, 0.5) is 0 Å². The van der Waals surface area contributed by atoms with Crippen molar-refractivity contribution in [3.8, 4) is 0 Å². The van der Waals surface area contributed by atoms with Crippen molar-refractivity contribution < 1.29 is 0 Å². The molecular formula is C17H20N4. The summed E-state index contributed by atoms with van der Waals surface area (Å²) in [5.41, 5.74) is 4.63. The van der Waals surface area contributed by atoms with Gasteiger partial charge in [0.15, 0.2) is 0 Å². The Labute approximate surface area is 124 Å². The van der Waals surface area contributed by atoms with E-state index in [2.05, 4.69) is 47.0 Å². The average Bonchev–Trinajstić information content (AvgIpc) is 2.82. The standard InChI is InChI=1S/C17H20N4/c1-3-18-11-14-8-13(10-19-12-14)9-17-20-15-6-4-5-7-16(15)21(17)2/h4-8,10,12,18H,3,9,11H2,1-2H3. The molecule has 2 heterocycles. The number of nitrogens with one attached hydrogen (secondary N) is 1. The van der Waals surface area contributed by atoms with Crippen molar-refractivity contribution in [1.29, 1.82) is 0 Å². The number of para-hydroxylation sites is 2. The second-order valence-corrected chi connectivity index (χ2v) is 5.23. The molecule has 0 bridgehead atoms. The number of aryl methyl sites for hydroxylation is 1. The van der Waals surface area contributed by atoms with Crippen LogP contribution in [0.5, 0.6) is 0 Å². The molecule has 3 aromatic rings. The van der Waals surface area contributed by atoms with Crippen LogP contribution in [0.2, 0.25) is 0 Å². The monoisotopic (exact) mass is 280 g/mol. The van der Waals surface area contributed by atoms with Crippen molar-refractivity contribution in [2.75, 3.05) is 6.54 Å². The van der Waals surface area contributed by atoms with Crippen LogP contribution in [0, 0.1) is 0 Å². The fourth-order valence-corrected chi connectivity index (χ4v) is 2.54. The maximum absolute atomic E-state index is 4.72. The lowest BCUT2D eigenvalue weighted by molar-refractivity contribution is 0.723. The van der Waals surface area contributed by atoms with Crippen molar-refractivity contribution in [3.63, 3.8) is 0 Å². The van der Waals surface area contributed by atoms with E-state index in [0.717, 1.165) is 30.9 Å². The van der Waals surface area contributed by atoms with Gasteiger partial charge in [0, 0.05) is 32.4 Å². The topological polar surface area (TPSA) is 42.7 Å². The van der Waals surface area contributed by atoms with E-state index < -0.39 is 0 Å². The van der Waals surface area contributed by atoms with E-state index in [1.807, 2.05) is 24.5 Å². The molecule has 4 nitrogen and oxygen atoms in total. The molecule has 0 unspecified atom stereocenters. The van der Waals surface area contributed by atoms with Gasteiger partial charge in [-0.3, -0.25) is 4.98 Å². The quantitative estimate of drug-likeness (QED) is 0.781. The molecule has 108 valence electrons. The molecule has 0 fully saturated rings. The number of fused-ring (bicyclic) bond motifs is 1. The van der Waals surface area contributed by atoms with Crippen LogP contribution in [0.15, 0.2) is 42.7 Å². The third-order valence-corrected chi connectivity index (χ3v) is 3.67. The summed E-state index contributed by atoms with van der Waals surface area (Å²) in [7, 11) is 2.07. The van der Waals surface area contributed by atoms with Crippen LogP contribution < -0.4 is 5.32 Å². The van der Waals surface area contributed by atoms with Gasteiger partial charge in [-0.15, -0.1) is 0 Å². The van der Waals surface area contributed by atoms with E-state index >= 15 is 0 Å². The Morgan fingerprint density at radius 1 is 1.14 bits per heavy atom. The molecule has 3 rings (SSSR count). The van der Waals surface area contributed by atoms with Crippen LogP contribution in [0.1, 0.15) is 23.9 Å². The van der Waals surface area contributed by atoms with Gasteiger partial charge in [-0.1, -0.05) is 25.1 Å². The highest BCUT2D eigenvalue weighted by molar-refractivity contribution is 5.75. The van der Waals surface area contributed by atoms with Gasteiger partial charge >= 0.3 is 0 Å². The smallest absolute Gasteiger partial charge is 0.114 e. The maximum atomic E-state index is 4.72. The van der Waals surface area contributed by atoms with Crippen LogP contribution in [0.3, 0.4) is 0 Å². The van der Waals surface area contributed by atoms with Gasteiger partial charge in [-0.05, 0) is 29.8 Å². The summed E-state index contributed by atoms with van der Waals surface area (Å²) in [6, 6.07) is 10.4. The molecule has 0 aliphatic carbocycles. The van der Waals surface area contributed by atoms with E-state index in [0.29, 0.717) is 0 Å². The molecule has 21 heavy (non-hydrogen) atoms. The lowest BCUT2D eigenvalue weighted by Gasteiger charge is -2.06. The van der Waals surface area contributed by atoms with Crippen molar-refractivity contribution in [3.05, 3.63) is 59.7 Å². The van der Waals surface area contributed by atoms with E-state index in [1.165, 1.54) is 16.6 Å². The number of nitrogens with zero attached hydrogens (tertiary/aromatic N) is 3. The van der Waals surface area contributed by atoms with Gasteiger partial charge in [0.05, 0.1) is 11.0 Å². The zero-order valence-corrected chi connectivity index (χ0v) is 12.5. The highest BCUT2D eigenvalue weighted by Crippen LogP contribution is 2.17. The van der Waals surface area contributed by atoms with Crippen LogP contribution in [0.25, 0.3) is 11.0 Å².